The molecule has 5 heteroatoms. The zero-order valence-electron chi connectivity index (χ0n) is 12.8. The molecule has 0 amide bonds. The highest BCUT2D eigenvalue weighted by Gasteiger charge is 2.13. The molecule has 23 heavy (non-hydrogen) atoms. The van der Waals surface area contributed by atoms with Crippen LogP contribution < -0.4 is 5.32 Å². The van der Waals surface area contributed by atoms with Gasteiger partial charge < -0.3 is 10.1 Å². The zero-order chi connectivity index (χ0) is 16.8. The van der Waals surface area contributed by atoms with E-state index in [1.807, 2.05) is 31.2 Å². The molecule has 0 bridgehead atoms. The minimum atomic E-state index is -0.603. The van der Waals surface area contributed by atoms with E-state index in [1.54, 1.807) is 24.3 Å². The fourth-order valence-corrected chi connectivity index (χ4v) is 2.14. The van der Waals surface area contributed by atoms with Crippen LogP contribution in [0, 0.1) is 6.92 Å². The Morgan fingerprint density at radius 3 is 2.22 bits per heavy atom. The quantitative estimate of drug-likeness (QED) is 0.486. The minimum absolute atomic E-state index is 0.0837. The summed E-state index contributed by atoms with van der Waals surface area (Å²) in [6.45, 7) is 1.94. The number of allylic oxidation sites excluding steroid dienone is 1. The monoisotopic (exact) mass is 373 g/mol. The van der Waals surface area contributed by atoms with E-state index in [0.29, 0.717) is 11.3 Å². The lowest BCUT2D eigenvalue weighted by molar-refractivity contribution is -0.135. The third-order valence-electron chi connectivity index (χ3n) is 3.14. The number of carbonyl (C=O) groups is 2. The van der Waals surface area contributed by atoms with Crippen molar-refractivity contribution in [3.63, 3.8) is 0 Å². The van der Waals surface area contributed by atoms with Crippen LogP contribution in [-0.4, -0.2) is 18.9 Å². The van der Waals surface area contributed by atoms with Crippen LogP contribution in [-0.2, 0) is 9.53 Å². The Balaban J connectivity index is 2.26. The third-order valence-corrected chi connectivity index (χ3v) is 3.67. The number of aryl methyl sites for hydroxylation is 1. The molecule has 1 N–H and O–H groups in total. The molecule has 0 atom stereocenters. The predicted octanol–water partition coefficient (Wildman–Crippen LogP) is 4.11. The van der Waals surface area contributed by atoms with Crippen molar-refractivity contribution in [3.05, 3.63) is 75.9 Å². The largest absolute Gasteiger partial charge is 0.464 e. The second-order valence-electron chi connectivity index (χ2n) is 4.91. The number of nitrogens with one attached hydrogen (secondary N) is 1. The molecule has 0 aliphatic carbocycles. The average molecular weight is 374 g/mol. The van der Waals surface area contributed by atoms with Crippen LogP contribution in [0.2, 0.25) is 0 Å². The first-order chi connectivity index (χ1) is 11.0. The number of hydrogen-bond acceptors (Lipinski definition) is 4. The second-order valence-corrected chi connectivity index (χ2v) is 5.83. The van der Waals surface area contributed by atoms with E-state index in [-0.39, 0.29) is 11.5 Å². The SMILES string of the molecule is COC(=O)C(=CC(=O)c1ccc(C)cc1)Nc1ccc(Br)cc1. The molecule has 4 nitrogen and oxygen atoms in total. The van der Waals surface area contributed by atoms with Crippen molar-refractivity contribution < 1.29 is 14.3 Å². The van der Waals surface area contributed by atoms with E-state index in [4.69, 9.17) is 4.74 Å². The number of ether oxygens (including phenoxy) is 1. The number of rotatable bonds is 5. The van der Waals surface area contributed by atoms with Gasteiger partial charge in [-0.1, -0.05) is 45.8 Å². The van der Waals surface area contributed by atoms with Crippen molar-refractivity contribution >= 4 is 33.4 Å². The first kappa shape index (κ1) is 17.0. The molecule has 2 aromatic carbocycles. The fourth-order valence-electron chi connectivity index (χ4n) is 1.88. The van der Waals surface area contributed by atoms with Crippen LogP contribution in [0.4, 0.5) is 5.69 Å². The molecule has 0 aliphatic heterocycles. The van der Waals surface area contributed by atoms with Crippen LogP contribution in [0.1, 0.15) is 15.9 Å². The fraction of sp³-hybridized carbons (Fsp3) is 0.111. The Morgan fingerprint density at radius 1 is 1.04 bits per heavy atom. The number of anilines is 1. The smallest absolute Gasteiger partial charge is 0.354 e. The normalized spacial score (nSPS) is 11.0. The van der Waals surface area contributed by atoms with Gasteiger partial charge in [0.2, 0.25) is 0 Å². The number of carbonyl (C=O) groups excluding carboxylic acids is 2. The minimum Gasteiger partial charge on any atom is -0.464 e. The van der Waals surface area contributed by atoms with Crippen molar-refractivity contribution in [1.82, 2.24) is 0 Å². The molecule has 118 valence electrons. The summed E-state index contributed by atoms with van der Waals surface area (Å²) in [5.74, 6) is -0.872. The van der Waals surface area contributed by atoms with Crippen molar-refractivity contribution in [1.29, 1.82) is 0 Å². The lowest BCUT2D eigenvalue weighted by Gasteiger charge is -2.09. The molecule has 2 rings (SSSR count). The second kappa shape index (κ2) is 7.74. The molecule has 0 heterocycles. The highest BCUT2D eigenvalue weighted by atomic mass is 79.9. The molecule has 0 spiro atoms. The zero-order valence-corrected chi connectivity index (χ0v) is 14.4. The van der Waals surface area contributed by atoms with Crippen molar-refractivity contribution in [2.75, 3.05) is 12.4 Å². The number of hydrogen-bond donors (Lipinski definition) is 1. The van der Waals surface area contributed by atoms with Gasteiger partial charge in [0.15, 0.2) is 5.78 Å². The number of benzene rings is 2. The van der Waals surface area contributed by atoms with Gasteiger partial charge in [-0.05, 0) is 31.2 Å². The summed E-state index contributed by atoms with van der Waals surface area (Å²) < 4.78 is 5.65. The van der Waals surface area contributed by atoms with Crippen LogP contribution in [0.3, 0.4) is 0 Å². The van der Waals surface area contributed by atoms with Gasteiger partial charge in [-0.2, -0.15) is 0 Å². The summed E-state index contributed by atoms with van der Waals surface area (Å²) in [7, 11) is 1.27. The standard InChI is InChI=1S/C18H16BrNO3/c1-12-3-5-13(6-4-12)17(21)11-16(18(22)23-2)20-15-9-7-14(19)8-10-15/h3-11,20H,1-2H3. The molecule has 0 aliphatic rings. The summed E-state index contributed by atoms with van der Waals surface area (Å²) in [4.78, 5) is 24.2. The van der Waals surface area contributed by atoms with E-state index < -0.39 is 5.97 Å². The van der Waals surface area contributed by atoms with Gasteiger partial charge in [0.25, 0.3) is 0 Å². The first-order valence-corrected chi connectivity index (χ1v) is 7.72. The number of halogens is 1. The van der Waals surface area contributed by atoms with Gasteiger partial charge in [-0.15, -0.1) is 0 Å². The van der Waals surface area contributed by atoms with Gasteiger partial charge in [0.05, 0.1) is 7.11 Å². The van der Waals surface area contributed by atoms with Crippen molar-refractivity contribution in [3.8, 4) is 0 Å². The van der Waals surface area contributed by atoms with Gasteiger partial charge in [0, 0.05) is 21.8 Å². The summed E-state index contributed by atoms with van der Waals surface area (Å²) >= 11 is 3.34. The highest BCUT2D eigenvalue weighted by molar-refractivity contribution is 9.10. The summed E-state index contributed by atoms with van der Waals surface area (Å²) in [6.07, 6.45) is 1.25. The van der Waals surface area contributed by atoms with Gasteiger partial charge >= 0.3 is 5.97 Å². The molecule has 0 radical (unpaired) electrons. The molecular weight excluding hydrogens is 358 g/mol. The summed E-state index contributed by atoms with van der Waals surface area (Å²) in [5.41, 5.74) is 2.34. The molecule has 0 fully saturated rings. The maximum atomic E-state index is 12.3. The predicted molar refractivity (Wildman–Crippen MR) is 93.4 cm³/mol. The van der Waals surface area contributed by atoms with Gasteiger partial charge in [-0.3, -0.25) is 4.79 Å². The average Bonchev–Trinajstić information content (AvgIpc) is 2.56. The molecule has 0 saturated carbocycles. The van der Waals surface area contributed by atoms with E-state index in [2.05, 4.69) is 21.2 Å². The number of esters is 1. The molecule has 0 saturated heterocycles. The van der Waals surface area contributed by atoms with E-state index in [0.717, 1.165) is 10.0 Å². The maximum Gasteiger partial charge on any atom is 0.354 e. The Bertz CT molecular complexity index is 734. The highest BCUT2D eigenvalue weighted by Crippen LogP contribution is 2.17. The van der Waals surface area contributed by atoms with Crippen molar-refractivity contribution in [2.45, 2.75) is 6.92 Å². The molecule has 0 aromatic heterocycles. The van der Waals surface area contributed by atoms with Crippen LogP contribution in [0.15, 0.2) is 64.8 Å². The number of ketones is 1. The molecule has 2 aromatic rings. The maximum absolute atomic E-state index is 12.3. The lowest BCUT2D eigenvalue weighted by Crippen LogP contribution is -2.15. The molecular formula is C18H16BrNO3. The Hall–Kier alpha value is -2.40. The van der Waals surface area contributed by atoms with Gasteiger partial charge in [-0.25, -0.2) is 4.79 Å². The lowest BCUT2D eigenvalue weighted by atomic mass is 10.1. The van der Waals surface area contributed by atoms with Gasteiger partial charge in [0.1, 0.15) is 5.70 Å². The molecule has 0 unspecified atom stereocenters. The Kier molecular flexibility index (Phi) is 5.71. The van der Waals surface area contributed by atoms with Crippen LogP contribution >= 0.6 is 15.9 Å². The van der Waals surface area contributed by atoms with Crippen LogP contribution in [0.5, 0.6) is 0 Å². The Morgan fingerprint density at radius 2 is 1.65 bits per heavy atom. The van der Waals surface area contributed by atoms with E-state index in [1.165, 1.54) is 13.2 Å². The summed E-state index contributed by atoms with van der Waals surface area (Å²) in [5, 5.41) is 2.91. The topological polar surface area (TPSA) is 55.4 Å². The van der Waals surface area contributed by atoms with E-state index >= 15 is 0 Å². The first-order valence-electron chi connectivity index (χ1n) is 6.93. The Labute approximate surface area is 143 Å². The summed E-state index contributed by atoms with van der Waals surface area (Å²) in [6, 6.07) is 14.4. The van der Waals surface area contributed by atoms with Crippen LogP contribution in [0.25, 0.3) is 0 Å². The van der Waals surface area contributed by atoms with E-state index in [9.17, 15) is 9.59 Å². The number of methoxy groups -OCH3 is 1. The third kappa shape index (κ3) is 4.79. The van der Waals surface area contributed by atoms with Crippen molar-refractivity contribution in [2.24, 2.45) is 0 Å².